The molecule has 0 bridgehead atoms. The molecule has 0 saturated heterocycles. The number of hydrogen-bond donors (Lipinski definition) is 2. The van der Waals surface area contributed by atoms with Crippen molar-refractivity contribution in [3.8, 4) is 0 Å². The van der Waals surface area contributed by atoms with Crippen LogP contribution in [0.1, 0.15) is 12.5 Å². The lowest BCUT2D eigenvalue weighted by Crippen LogP contribution is -2.24. The van der Waals surface area contributed by atoms with E-state index in [1.165, 1.54) is 18.1 Å². The Labute approximate surface area is 98.1 Å². The van der Waals surface area contributed by atoms with Gasteiger partial charge in [-0.05, 0) is 12.5 Å². The number of aromatic nitrogens is 3. The lowest BCUT2D eigenvalue weighted by molar-refractivity contribution is 0.0839. The summed E-state index contributed by atoms with van der Waals surface area (Å²) in [7, 11) is 0. The maximum Gasteiger partial charge on any atom is 0.183 e. The Bertz CT molecular complexity index is 428. The van der Waals surface area contributed by atoms with E-state index in [1.807, 2.05) is 30.3 Å². The number of thioether (sulfide) groups is 1. The van der Waals surface area contributed by atoms with Crippen LogP contribution in [0.4, 0.5) is 0 Å². The van der Waals surface area contributed by atoms with E-state index in [0.29, 0.717) is 5.75 Å². The van der Waals surface area contributed by atoms with Crippen molar-refractivity contribution in [2.75, 3.05) is 5.75 Å². The molecular weight excluding hydrogens is 222 g/mol. The molecule has 2 rings (SSSR count). The fourth-order valence-corrected chi connectivity index (χ4v) is 2.18. The van der Waals surface area contributed by atoms with Crippen LogP contribution in [0.2, 0.25) is 0 Å². The molecule has 84 valence electrons. The quantitative estimate of drug-likeness (QED) is 0.793. The second-order valence-corrected chi connectivity index (χ2v) is 4.68. The van der Waals surface area contributed by atoms with Crippen molar-refractivity contribution in [3.05, 3.63) is 42.2 Å². The van der Waals surface area contributed by atoms with Crippen molar-refractivity contribution < 1.29 is 5.11 Å². The number of rotatable bonds is 4. The summed E-state index contributed by atoms with van der Waals surface area (Å²) in [4.78, 5) is 4.00. The summed E-state index contributed by atoms with van der Waals surface area (Å²) in [6, 6.07) is 9.61. The third kappa shape index (κ3) is 2.62. The highest BCUT2D eigenvalue weighted by molar-refractivity contribution is 7.99. The molecule has 0 aliphatic rings. The highest BCUT2D eigenvalue weighted by atomic mass is 32.2. The molecule has 1 atom stereocenters. The molecule has 1 unspecified atom stereocenters. The average Bonchev–Trinajstić information content (AvgIpc) is 2.81. The van der Waals surface area contributed by atoms with Gasteiger partial charge in [0.25, 0.3) is 0 Å². The average molecular weight is 235 g/mol. The molecule has 0 aliphatic carbocycles. The molecule has 0 spiro atoms. The zero-order valence-electron chi connectivity index (χ0n) is 8.92. The van der Waals surface area contributed by atoms with Gasteiger partial charge < -0.3 is 5.11 Å². The number of H-pyrrole nitrogens is 1. The fraction of sp³-hybridized carbons (Fsp3) is 0.273. The summed E-state index contributed by atoms with van der Waals surface area (Å²) in [6.45, 7) is 1.80. The maximum absolute atomic E-state index is 10.3. The van der Waals surface area contributed by atoms with Gasteiger partial charge in [-0.1, -0.05) is 42.1 Å². The zero-order valence-corrected chi connectivity index (χ0v) is 9.74. The smallest absolute Gasteiger partial charge is 0.183 e. The zero-order chi connectivity index (χ0) is 11.4. The van der Waals surface area contributed by atoms with Crippen LogP contribution in [0, 0.1) is 0 Å². The van der Waals surface area contributed by atoms with Crippen LogP contribution in [0.3, 0.4) is 0 Å². The highest BCUT2D eigenvalue weighted by Crippen LogP contribution is 2.27. The van der Waals surface area contributed by atoms with E-state index in [-0.39, 0.29) is 0 Å². The van der Waals surface area contributed by atoms with Crippen LogP contribution in [0.25, 0.3) is 0 Å². The minimum Gasteiger partial charge on any atom is -0.385 e. The Morgan fingerprint density at radius 1 is 1.38 bits per heavy atom. The summed E-state index contributed by atoms with van der Waals surface area (Å²) in [5.74, 6) is 0.534. The first kappa shape index (κ1) is 11.2. The van der Waals surface area contributed by atoms with E-state index in [4.69, 9.17) is 0 Å². The van der Waals surface area contributed by atoms with Gasteiger partial charge in [0, 0.05) is 5.75 Å². The van der Waals surface area contributed by atoms with Crippen molar-refractivity contribution in [1.29, 1.82) is 0 Å². The second kappa shape index (κ2) is 4.67. The molecule has 0 radical (unpaired) electrons. The van der Waals surface area contributed by atoms with Crippen LogP contribution < -0.4 is 0 Å². The lowest BCUT2D eigenvalue weighted by Gasteiger charge is -2.22. The maximum atomic E-state index is 10.3. The van der Waals surface area contributed by atoms with Crippen LogP contribution >= 0.6 is 11.8 Å². The first-order chi connectivity index (χ1) is 7.68. The minimum atomic E-state index is -0.862. The van der Waals surface area contributed by atoms with Crippen molar-refractivity contribution in [3.63, 3.8) is 0 Å². The van der Waals surface area contributed by atoms with E-state index in [1.54, 1.807) is 6.92 Å². The van der Waals surface area contributed by atoms with E-state index < -0.39 is 5.60 Å². The molecule has 5 heteroatoms. The predicted octanol–water partition coefficient (Wildman–Crippen LogP) is 1.80. The standard InChI is InChI=1S/C11H13N3OS/c1-11(15,9-5-3-2-4-6-9)7-16-10-12-8-13-14-10/h2-6,8,15H,7H2,1H3,(H,12,13,14). The van der Waals surface area contributed by atoms with E-state index in [0.717, 1.165) is 10.7 Å². The van der Waals surface area contributed by atoms with Gasteiger partial charge in [0.1, 0.15) is 6.33 Å². The number of nitrogens with one attached hydrogen (secondary N) is 1. The third-order valence-corrected chi connectivity index (χ3v) is 3.46. The number of aromatic amines is 1. The molecule has 0 fully saturated rings. The predicted molar refractivity (Wildman–Crippen MR) is 63.1 cm³/mol. The highest BCUT2D eigenvalue weighted by Gasteiger charge is 2.23. The van der Waals surface area contributed by atoms with Crippen molar-refractivity contribution in [1.82, 2.24) is 15.2 Å². The molecule has 0 saturated carbocycles. The van der Waals surface area contributed by atoms with Crippen molar-refractivity contribution in [2.45, 2.75) is 17.7 Å². The fourth-order valence-electron chi connectivity index (χ4n) is 1.35. The van der Waals surface area contributed by atoms with Crippen LogP contribution in [-0.4, -0.2) is 26.0 Å². The van der Waals surface area contributed by atoms with Gasteiger partial charge >= 0.3 is 0 Å². The second-order valence-electron chi connectivity index (χ2n) is 3.72. The first-order valence-corrected chi connectivity index (χ1v) is 5.93. The summed E-state index contributed by atoms with van der Waals surface area (Å²) >= 11 is 1.45. The number of hydrogen-bond acceptors (Lipinski definition) is 4. The third-order valence-electron chi connectivity index (χ3n) is 2.28. The normalized spacial score (nSPS) is 14.6. The Balaban J connectivity index is 2.03. The molecule has 0 aliphatic heterocycles. The van der Waals surface area contributed by atoms with E-state index >= 15 is 0 Å². The van der Waals surface area contributed by atoms with Gasteiger partial charge in [0.2, 0.25) is 0 Å². The van der Waals surface area contributed by atoms with Crippen LogP contribution in [-0.2, 0) is 5.60 Å². The van der Waals surface area contributed by atoms with Gasteiger partial charge in [0.15, 0.2) is 5.16 Å². The molecular formula is C11H13N3OS. The minimum absolute atomic E-state index is 0.534. The Hall–Kier alpha value is -1.33. The SMILES string of the molecule is CC(O)(CSc1ncn[nH]1)c1ccccc1. The van der Waals surface area contributed by atoms with Gasteiger partial charge in [-0.15, -0.1) is 0 Å². The van der Waals surface area contributed by atoms with Gasteiger partial charge in [-0.2, -0.15) is 5.10 Å². The Morgan fingerprint density at radius 3 is 2.75 bits per heavy atom. The van der Waals surface area contributed by atoms with Crippen LogP contribution in [0.15, 0.2) is 41.8 Å². The van der Waals surface area contributed by atoms with Gasteiger partial charge in [-0.25, -0.2) is 4.98 Å². The lowest BCUT2D eigenvalue weighted by atomic mass is 9.99. The number of nitrogens with zero attached hydrogens (tertiary/aromatic N) is 2. The van der Waals surface area contributed by atoms with Crippen LogP contribution in [0.5, 0.6) is 0 Å². The van der Waals surface area contributed by atoms with E-state index in [2.05, 4.69) is 15.2 Å². The molecule has 0 amide bonds. The molecule has 1 aromatic carbocycles. The summed E-state index contributed by atoms with van der Waals surface area (Å²) in [5.41, 5.74) is 0.0423. The molecule has 2 aromatic rings. The largest absolute Gasteiger partial charge is 0.385 e. The Kier molecular flexibility index (Phi) is 3.26. The van der Waals surface area contributed by atoms with Crippen molar-refractivity contribution >= 4 is 11.8 Å². The summed E-state index contributed by atoms with van der Waals surface area (Å²) < 4.78 is 0. The molecule has 2 N–H and O–H groups in total. The van der Waals surface area contributed by atoms with Crippen molar-refractivity contribution in [2.24, 2.45) is 0 Å². The molecule has 16 heavy (non-hydrogen) atoms. The Morgan fingerprint density at radius 2 is 2.12 bits per heavy atom. The van der Waals surface area contributed by atoms with Gasteiger partial charge in [0.05, 0.1) is 5.60 Å². The van der Waals surface area contributed by atoms with E-state index in [9.17, 15) is 5.11 Å². The molecule has 1 aromatic heterocycles. The summed E-state index contributed by atoms with van der Waals surface area (Å²) in [6.07, 6.45) is 1.46. The first-order valence-electron chi connectivity index (χ1n) is 4.94. The van der Waals surface area contributed by atoms with Gasteiger partial charge in [-0.3, -0.25) is 5.10 Å². The topological polar surface area (TPSA) is 61.8 Å². The molecule has 1 heterocycles. The monoisotopic (exact) mass is 235 g/mol. The summed E-state index contributed by atoms with van der Waals surface area (Å²) in [5, 5.41) is 17.5. The molecule has 4 nitrogen and oxygen atoms in total. The number of benzene rings is 1. The number of aliphatic hydroxyl groups is 1.